The molecule has 0 amide bonds. The van der Waals surface area contributed by atoms with E-state index in [1.807, 2.05) is 20.8 Å². The number of nitrogens with two attached hydrogens (primary N) is 1. The van der Waals surface area contributed by atoms with Gasteiger partial charge in [-0.15, -0.1) is 0 Å². The Labute approximate surface area is 117 Å². The van der Waals surface area contributed by atoms with Crippen LogP contribution >= 0.6 is 0 Å². The number of aromatic nitrogens is 2. The molecule has 0 saturated heterocycles. The van der Waals surface area contributed by atoms with Crippen molar-refractivity contribution in [2.75, 3.05) is 12.3 Å². The molecule has 2 aromatic rings. The molecule has 20 heavy (non-hydrogen) atoms. The van der Waals surface area contributed by atoms with Crippen LogP contribution < -0.4 is 5.73 Å². The number of hydrogen-bond donors (Lipinski definition) is 2. The molecule has 6 heteroatoms. The van der Waals surface area contributed by atoms with Crippen LogP contribution in [0.3, 0.4) is 0 Å². The van der Waals surface area contributed by atoms with Crippen LogP contribution in [-0.2, 0) is 10.3 Å². The van der Waals surface area contributed by atoms with Gasteiger partial charge in [0.15, 0.2) is 0 Å². The molecule has 3 N–H and O–H groups in total. The first kappa shape index (κ1) is 14.3. The summed E-state index contributed by atoms with van der Waals surface area (Å²) >= 11 is 0. The lowest BCUT2D eigenvalue weighted by atomic mass is 10.0. The molecule has 0 radical (unpaired) electrons. The summed E-state index contributed by atoms with van der Waals surface area (Å²) in [6.07, 6.45) is 0.716. The van der Waals surface area contributed by atoms with Gasteiger partial charge >= 0.3 is 0 Å². The normalized spacial score (nSPS) is 14.2. The van der Waals surface area contributed by atoms with Crippen molar-refractivity contribution in [1.82, 2.24) is 10.1 Å². The molecule has 1 aromatic heterocycles. The molecule has 1 heterocycles. The Kier molecular flexibility index (Phi) is 3.94. The van der Waals surface area contributed by atoms with Gasteiger partial charge in [0, 0.05) is 18.4 Å². The monoisotopic (exact) mass is 277 g/mol. The molecule has 0 aliphatic carbocycles. The van der Waals surface area contributed by atoms with Gasteiger partial charge in [0.2, 0.25) is 5.82 Å². The Balaban J connectivity index is 2.37. The molecular weight excluding hydrogens is 258 g/mol. The van der Waals surface area contributed by atoms with Crippen LogP contribution in [0.1, 0.15) is 33.0 Å². The summed E-state index contributed by atoms with van der Waals surface area (Å²) in [7, 11) is 0. The number of nitrogens with zero attached hydrogens (tertiary/aromatic N) is 2. The van der Waals surface area contributed by atoms with E-state index >= 15 is 0 Å². The number of phenolic OH excluding ortho intramolecular Hbond substituents is 1. The van der Waals surface area contributed by atoms with E-state index in [1.165, 1.54) is 6.07 Å². The van der Waals surface area contributed by atoms with E-state index in [0.29, 0.717) is 30.1 Å². The largest absolute Gasteiger partial charge is 0.507 e. The fourth-order valence-corrected chi connectivity index (χ4v) is 1.92. The number of nitrogen functional groups attached to an aromatic ring is 1. The summed E-state index contributed by atoms with van der Waals surface area (Å²) in [5, 5.41) is 13.8. The maximum Gasteiger partial charge on any atom is 0.261 e. The molecule has 1 aromatic carbocycles. The number of phenols is 1. The predicted molar refractivity (Wildman–Crippen MR) is 75.1 cm³/mol. The highest BCUT2D eigenvalue weighted by molar-refractivity contribution is 5.66. The van der Waals surface area contributed by atoms with E-state index in [-0.39, 0.29) is 11.6 Å². The van der Waals surface area contributed by atoms with E-state index < -0.39 is 5.60 Å². The zero-order valence-corrected chi connectivity index (χ0v) is 11.9. The Morgan fingerprint density at radius 2 is 2.15 bits per heavy atom. The molecule has 1 atom stereocenters. The Bertz CT molecular complexity index is 597. The fraction of sp³-hybridized carbons (Fsp3) is 0.429. The van der Waals surface area contributed by atoms with Crippen molar-refractivity contribution in [2.45, 2.75) is 32.8 Å². The summed E-state index contributed by atoms with van der Waals surface area (Å²) in [5.74, 6) is 0.722. The minimum absolute atomic E-state index is 0.00908. The SMILES string of the molecule is CCOC(C)(CC)c1noc(-c2ccc(N)cc2O)n1. The summed E-state index contributed by atoms with van der Waals surface area (Å²) in [5.41, 5.74) is 5.92. The molecule has 6 nitrogen and oxygen atoms in total. The first-order chi connectivity index (χ1) is 9.50. The quantitative estimate of drug-likeness (QED) is 0.816. The minimum Gasteiger partial charge on any atom is -0.507 e. The van der Waals surface area contributed by atoms with E-state index in [2.05, 4.69) is 10.1 Å². The molecule has 2 rings (SSSR count). The van der Waals surface area contributed by atoms with Gasteiger partial charge in [0.1, 0.15) is 11.4 Å². The summed E-state index contributed by atoms with van der Waals surface area (Å²) < 4.78 is 10.9. The zero-order chi connectivity index (χ0) is 14.8. The lowest BCUT2D eigenvalue weighted by Gasteiger charge is -2.23. The molecule has 0 aliphatic heterocycles. The average molecular weight is 277 g/mol. The minimum atomic E-state index is -0.597. The third kappa shape index (κ3) is 2.60. The Morgan fingerprint density at radius 3 is 2.75 bits per heavy atom. The highest BCUT2D eigenvalue weighted by Crippen LogP contribution is 2.32. The maximum absolute atomic E-state index is 9.88. The summed E-state index contributed by atoms with van der Waals surface area (Å²) in [6, 6.07) is 4.76. The Morgan fingerprint density at radius 1 is 1.40 bits per heavy atom. The van der Waals surface area contributed by atoms with Gasteiger partial charge < -0.3 is 20.1 Å². The lowest BCUT2D eigenvalue weighted by Crippen LogP contribution is -2.26. The Hall–Kier alpha value is -2.08. The van der Waals surface area contributed by atoms with Crippen molar-refractivity contribution >= 4 is 5.69 Å². The van der Waals surface area contributed by atoms with Crippen molar-refractivity contribution in [3.8, 4) is 17.2 Å². The standard InChI is InChI=1S/C14H19N3O3/c1-4-14(3,19-5-2)13-16-12(20-17-13)10-7-6-9(15)8-11(10)18/h6-8,18H,4-5,15H2,1-3H3. The van der Waals surface area contributed by atoms with Crippen LogP contribution in [0.25, 0.3) is 11.5 Å². The summed E-state index contributed by atoms with van der Waals surface area (Å²) in [4.78, 5) is 4.33. The summed E-state index contributed by atoms with van der Waals surface area (Å²) in [6.45, 7) is 6.38. The number of benzene rings is 1. The van der Waals surface area contributed by atoms with Crippen LogP contribution in [0.15, 0.2) is 22.7 Å². The second-order valence-corrected chi connectivity index (χ2v) is 4.72. The van der Waals surface area contributed by atoms with Crippen LogP contribution in [0.5, 0.6) is 5.75 Å². The first-order valence-corrected chi connectivity index (χ1v) is 6.57. The average Bonchev–Trinajstić information content (AvgIpc) is 2.89. The van der Waals surface area contributed by atoms with Crippen molar-refractivity contribution < 1.29 is 14.4 Å². The lowest BCUT2D eigenvalue weighted by molar-refractivity contribution is -0.0403. The first-order valence-electron chi connectivity index (χ1n) is 6.57. The van der Waals surface area contributed by atoms with Gasteiger partial charge in [-0.05, 0) is 32.4 Å². The van der Waals surface area contributed by atoms with Crippen molar-refractivity contribution in [3.63, 3.8) is 0 Å². The third-order valence-electron chi connectivity index (χ3n) is 3.29. The van der Waals surface area contributed by atoms with Gasteiger partial charge in [-0.2, -0.15) is 4.98 Å². The molecule has 108 valence electrons. The molecule has 0 spiro atoms. The molecule has 0 aliphatic rings. The highest BCUT2D eigenvalue weighted by Gasteiger charge is 2.31. The maximum atomic E-state index is 9.88. The number of anilines is 1. The van der Waals surface area contributed by atoms with E-state index in [1.54, 1.807) is 12.1 Å². The van der Waals surface area contributed by atoms with Gasteiger partial charge in [0.05, 0.1) is 5.56 Å². The number of hydrogen-bond acceptors (Lipinski definition) is 6. The van der Waals surface area contributed by atoms with Crippen LogP contribution in [-0.4, -0.2) is 21.9 Å². The number of rotatable bonds is 5. The number of aromatic hydroxyl groups is 1. The van der Waals surface area contributed by atoms with Gasteiger partial charge in [-0.1, -0.05) is 12.1 Å². The molecular formula is C14H19N3O3. The molecule has 0 bridgehead atoms. The van der Waals surface area contributed by atoms with Gasteiger partial charge in [0.25, 0.3) is 5.89 Å². The zero-order valence-electron chi connectivity index (χ0n) is 11.9. The van der Waals surface area contributed by atoms with Crippen molar-refractivity contribution in [2.24, 2.45) is 0 Å². The topological polar surface area (TPSA) is 94.4 Å². The molecule has 0 fully saturated rings. The van der Waals surface area contributed by atoms with Gasteiger partial charge in [-0.25, -0.2) is 0 Å². The predicted octanol–water partition coefficient (Wildman–Crippen LogP) is 2.69. The van der Waals surface area contributed by atoms with E-state index in [0.717, 1.165) is 0 Å². The van der Waals surface area contributed by atoms with Crippen LogP contribution in [0.4, 0.5) is 5.69 Å². The van der Waals surface area contributed by atoms with Crippen molar-refractivity contribution in [1.29, 1.82) is 0 Å². The van der Waals surface area contributed by atoms with Gasteiger partial charge in [-0.3, -0.25) is 0 Å². The van der Waals surface area contributed by atoms with E-state index in [9.17, 15) is 5.11 Å². The van der Waals surface area contributed by atoms with E-state index in [4.69, 9.17) is 15.0 Å². The molecule has 0 saturated carbocycles. The second kappa shape index (κ2) is 5.50. The van der Waals surface area contributed by atoms with Crippen LogP contribution in [0.2, 0.25) is 0 Å². The number of ether oxygens (including phenoxy) is 1. The third-order valence-corrected chi connectivity index (χ3v) is 3.29. The smallest absolute Gasteiger partial charge is 0.261 e. The molecule has 1 unspecified atom stereocenters. The highest BCUT2D eigenvalue weighted by atomic mass is 16.5. The fourth-order valence-electron chi connectivity index (χ4n) is 1.92. The van der Waals surface area contributed by atoms with Crippen molar-refractivity contribution in [3.05, 3.63) is 24.0 Å². The second-order valence-electron chi connectivity index (χ2n) is 4.72. The van der Waals surface area contributed by atoms with Crippen LogP contribution in [0, 0.1) is 0 Å².